The molecule has 4 heterocycles. The summed E-state index contributed by atoms with van der Waals surface area (Å²) in [5, 5.41) is 0.799. The number of benzene rings is 3. The molecule has 0 radical (unpaired) electrons. The lowest BCUT2D eigenvalue weighted by Crippen LogP contribution is -2.53. The van der Waals surface area contributed by atoms with Crippen molar-refractivity contribution in [2.45, 2.75) is 38.0 Å². The largest absolute Gasteiger partial charge is 0.493 e. The highest BCUT2D eigenvalue weighted by Crippen LogP contribution is 2.36. The van der Waals surface area contributed by atoms with Crippen molar-refractivity contribution in [1.82, 2.24) is 9.80 Å². The van der Waals surface area contributed by atoms with Gasteiger partial charge in [0.2, 0.25) is 0 Å². The Kier molecular flexibility index (Phi) is 12.1. The summed E-state index contributed by atoms with van der Waals surface area (Å²) in [5.41, 5.74) is 3.29. The van der Waals surface area contributed by atoms with Crippen molar-refractivity contribution >= 4 is 46.9 Å². The molecule has 11 nitrogen and oxygen atoms in total. The van der Waals surface area contributed by atoms with Gasteiger partial charge in [-0.25, -0.2) is 14.6 Å². The van der Waals surface area contributed by atoms with Crippen LogP contribution in [-0.4, -0.2) is 81.8 Å². The minimum Gasteiger partial charge on any atom is -0.493 e. The zero-order valence-electron chi connectivity index (χ0n) is 30.1. The Labute approximate surface area is 319 Å². The molecule has 0 saturated carbocycles. The van der Waals surface area contributed by atoms with E-state index in [4.69, 9.17) is 42.1 Å². The quantitative estimate of drug-likeness (QED) is 0.143. The molecule has 3 aromatic carbocycles. The molecule has 0 aliphatic carbocycles. The molecule has 278 valence electrons. The van der Waals surface area contributed by atoms with Crippen LogP contribution in [0.5, 0.6) is 11.5 Å². The van der Waals surface area contributed by atoms with E-state index in [1.807, 2.05) is 0 Å². The maximum Gasteiger partial charge on any atom is 0.414 e. The number of rotatable bonds is 12. The fourth-order valence-electron chi connectivity index (χ4n) is 6.83. The third-order valence-corrected chi connectivity index (χ3v) is 10.5. The molecule has 53 heavy (non-hydrogen) atoms. The van der Waals surface area contributed by atoms with E-state index in [0.717, 1.165) is 31.5 Å². The van der Waals surface area contributed by atoms with Crippen LogP contribution in [0.1, 0.15) is 56.4 Å². The van der Waals surface area contributed by atoms with Crippen LogP contribution >= 0.6 is 23.2 Å². The monoisotopic (exact) mass is 761 g/mol. The van der Waals surface area contributed by atoms with Crippen LogP contribution in [0.2, 0.25) is 10.0 Å². The van der Waals surface area contributed by atoms with Crippen LogP contribution in [0.15, 0.2) is 79.1 Å². The topological polar surface area (TPSA) is 112 Å². The van der Waals surface area contributed by atoms with E-state index in [-0.39, 0.29) is 25.0 Å². The Morgan fingerprint density at radius 3 is 2.21 bits per heavy atom. The van der Waals surface area contributed by atoms with E-state index < -0.39 is 18.2 Å². The molecule has 7 rings (SSSR count). The van der Waals surface area contributed by atoms with Crippen LogP contribution in [0.4, 0.5) is 10.5 Å². The molecule has 13 heteroatoms. The van der Waals surface area contributed by atoms with Crippen molar-refractivity contribution in [3.8, 4) is 11.5 Å². The number of aromatic nitrogens is 1. The average molecular weight is 763 g/mol. The van der Waals surface area contributed by atoms with Crippen molar-refractivity contribution in [1.29, 1.82) is 0 Å². The summed E-state index contributed by atoms with van der Waals surface area (Å²) in [6.07, 6.45) is 3.94. The number of carbonyl (C=O) groups excluding carboxylic acids is 3. The predicted molar refractivity (Wildman–Crippen MR) is 201 cm³/mol. The molecule has 1 aromatic heterocycles. The number of carbonyl (C=O) groups is 3. The summed E-state index contributed by atoms with van der Waals surface area (Å²) in [6, 6.07) is 19.1. The zero-order chi connectivity index (χ0) is 37.6. The molecular formula is C40H43Cl2N4O7+. The number of anilines is 1. The second-order valence-corrected chi connectivity index (χ2v) is 14.2. The van der Waals surface area contributed by atoms with Crippen LogP contribution in [0, 0.1) is 5.92 Å². The second-order valence-electron chi connectivity index (χ2n) is 13.4. The van der Waals surface area contributed by atoms with Gasteiger partial charge in [-0.2, -0.15) is 0 Å². The van der Waals surface area contributed by atoms with E-state index >= 15 is 0 Å². The lowest BCUT2D eigenvalue weighted by molar-refractivity contribution is -0.377. The molecule has 3 aliphatic rings. The van der Waals surface area contributed by atoms with Gasteiger partial charge in [0.15, 0.2) is 23.9 Å². The maximum absolute atomic E-state index is 13.9. The number of ether oxygens (including phenoxy) is 4. The number of fused-ring (bicyclic) bond motifs is 3. The first-order valence-corrected chi connectivity index (χ1v) is 18.2. The molecule has 4 aromatic rings. The highest BCUT2D eigenvalue weighted by Gasteiger charge is 2.37. The minimum atomic E-state index is -0.784. The van der Waals surface area contributed by atoms with Crippen LogP contribution in [0.25, 0.3) is 0 Å². The van der Waals surface area contributed by atoms with Gasteiger partial charge >= 0.3 is 12.1 Å². The Hall–Kier alpha value is -4.84. The summed E-state index contributed by atoms with van der Waals surface area (Å²) in [6.45, 7) is 2.90. The summed E-state index contributed by atoms with van der Waals surface area (Å²) in [4.78, 5) is 48.7. The fourth-order valence-corrected chi connectivity index (χ4v) is 7.36. The van der Waals surface area contributed by atoms with E-state index in [1.165, 1.54) is 16.9 Å². The number of aromatic amines is 1. The smallest absolute Gasteiger partial charge is 0.414 e. The Morgan fingerprint density at radius 2 is 1.58 bits per heavy atom. The van der Waals surface area contributed by atoms with Gasteiger partial charge in [0.05, 0.1) is 26.3 Å². The number of halogens is 2. The molecule has 3 saturated heterocycles. The predicted octanol–water partition coefficient (Wildman–Crippen LogP) is 6.90. The molecule has 0 spiro atoms. The number of hydrogen-bond acceptors (Lipinski definition) is 8. The first-order valence-electron chi connectivity index (χ1n) is 17.4. The van der Waals surface area contributed by atoms with Gasteiger partial charge in [-0.1, -0.05) is 47.5 Å². The first-order chi connectivity index (χ1) is 25.5. The van der Waals surface area contributed by atoms with Crippen molar-refractivity contribution in [2.75, 3.05) is 52.8 Å². The molecule has 1 N–H and O–H groups in total. The SMILES string of the molecule is COc1ccc([C@H](Cc2c(Cl)c[nH+]cc2Cl)OC(=O)c2ccc(CN(C(=O)O[C@H]3CN4CCC3CC4)c3cccc(C(=O)N(C)C)c3)cc2)cc1OC. The molecular weight excluding hydrogens is 719 g/mol. The number of esters is 1. The minimum absolute atomic E-state index is 0.144. The highest BCUT2D eigenvalue weighted by atomic mass is 35.5. The van der Waals surface area contributed by atoms with Gasteiger partial charge < -0.3 is 23.8 Å². The highest BCUT2D eigenvalue weighted by molar-refractivity contribution is 6.35. The maximum atomic E-state index is 13.9. The molecule has 2 amide bonds. The van der Waals surface area contributed by atoms with E-state index in [0.29, 0.717) is 61.9 Å². The second kappa shape index (κ2) is 16.9. The van der Waals surface area contributed by atoms with Gasteiger partial charge in [0, 0.05) is 43.9 Å². The van der Waals surface area contributed by atoms with Gasteiger partial charge in [0.1, 0.15) is 22.3 Å². The third-order valence-electron chi connectivity index (χ3n) is 9.82. The van der Waals surface area contributed by atoms with Crippen LogP contribution in [0.3, 0.4) is 0 Å². The van der Waals surface area contributed by atoms with E-state index in [1.54, 1.807) is 100 Å². The Bertz CT molecular complexity index is 1930. The molecule has 3 fully saturated rings. The summed E-state index contributed by atoms with van der Waals surface area (Å²) in [7, 11) is 6.44. The van der Waals surface area contributed by atoms with Gasteiger partial charge in [-0.15, -0.1) is 0 Å². The number of piperidine rings is 3. The summed E-state index contributed by atoms with van der Waals surface area (Å²) >= 11 is 13.0. The molecule has 0 unspecified atom stereocenters. The average Bonchev–Trinajstić information content (AvgIpc) is 3.18. The molecule has 3 aliphatic heterocycles. The van der Waals surface area contributed by atoms with E-state index in [9.17, 15) is 14.4 Å². The van der Waals surface area contributed by atoms with Crippen molar-refractivity contribution in [3.05, 3.63) is 117 Å². The van der Waals surface area contributed by atoms with Crippen molar-refractivity contribution < 1.29 is 38.3 Å². The first kappa shape index (κ1) is 37.9. The number of pyridine rings is 1. The van der Waals surface area contributed by atoms with E-state index in [2.05, 4.69) is 9.88 Å². The lowest BCUT2D eigenvalue weighted by Gasteiger charge is -2.44. The van der Waals surface area contributed by atoms with Crippen LogP contribution in [-0.2, 0) is 22.4 Å². The van der Waals surface area contributed by atoms with Gasteiger partial charge in [0.25, 0.3) is 5.91 Å². The number of hydrogen-bond donors (Lipinski definition) is 0. The number of nitrogens with one attached hydrogen (secondary N) is 1. The molecule has 2 atom stereocenters. The fraction of sp³-hybridized carbons (Fsp3) is 0.350. The molecule has 2 bridgehead atoms. The summed E-state index contributed by atoms with van der Waals surface area (Å²) in [5.74, 6) is 0.580. The Morgan fingerprint density at radius 1 is 0.887 bits per heavy atom. The Balaban J connectivity index is 1.24. The number of methoxy groups -OCH3 is 2. The number of amides is 2. The van der Waals surface area contributed by atoms with Gasteiger partial charge in [-0.05, 0) is 85.4 Å². The normalized spacial score (nSPS) is 18.1. The third kappa shape index (κ3) is 8.87. The lowest BCUT2D eigenvalue weighted by atomic mass is 9.86. The van der Waals surface area contributed by atoms with Gasteiger partial charge in [-0.3, -0.25) is 14.6 Å². The number of nitrogens with zero attached hydrogens (tertiary/aromatic N) is 3. The zero-order valence-corrected chi connectivity index (χ0v) is 31.7. The van der Waals surface area contributed by atoms with Crippen LogP contribution < -0.4 is 19.4 Å². The van der Waals surface area contributed by atoms with Crippen molar-refractivity contribution in [2.24, 2.45) is 5.92 Å². The van der Waals surface area contributed by atoms with Crippen molar-refractivity contribution in [3.63, 3.8) is 0 Å². The number of H-pyrrole nitrogens is 1. The summed E-state index contributed by atoms with van der Waals surface area (Å²) < 4.78 is 23.2. The standard InChI is InChI=1S/C40H42Cl2N4O7/c1-44(2)38(47)29-6-5-7-30(18-29)46(40(49)53-37-24-45-16-14-26(37)15-17-45)23-25-8-10-27(11-9-25)39(48)52-35(20-31-32(41)21-43-22-33(31)42)28-12-13-34(50-3)36(19-28)51-4/h5-13,18-19,21-22,26,35,37H,14-17,20,23-24H2,1-4H3/p+1/t35-,37-/m0/s1.